The van der Waals surface area contributed by atoms with Gasteiger partial charge in [0.05, 0.1) is 0 Å². The van der Waals surface area contributed by atoms with E-state index in [1.54, 1.807) is 0 Å². The molecule has 1 aromatic carbocycles. The fraction of sp³-hybridized carbons (Fsp3) is 0.0714. The van der Waals surface area contributed by atoms with E-state index in [4.69, 9.17) is 0 Å². The van der Waals surface area contributed by atoms with Gasteiger partial charge in [-0.15, -0.1) is 0 Å². The van der Waals surface area contributed by atoms with E-state index < -0.39 is 0 Å². The van der Waals surface area contributed by atoms with Crippen molar-refractivity contribution in [2.45, 2.75) is 0 Å². The minimum absolute atomic E-state index is 0.931. The normalized spacial score (nSPS) is 10.6. The van der Waals surface area contributed by atoms with Crippen molar-refractivity contribution in [1.29, 1.82) is 0 Å². The van der Waals surface area contributed by atoms with Gasteiger partial charge in [0, 0.05) is 30.5 Å². The number of nitrogens with one attached hydrogen (secondary N) is 2. The fourth-order valence-corrected chi connectivity index (χ4v) is 2.03. The predicted molar refractivity (Wildman–Crippen MR) is 71.1 cm³/mol. The quantitative estimate of drug-likeness (QED) is 0.700. The Balaban J connectivity index is 2.16. The van der Waals surface area contributed by atoms with Gasteiger partial charge in [0.2, 0.25) is 0 Å². The zero-order valence-corrected chi connectivity index (χ0v) is 9.57. The topological polar surface area (TPSA) is 40.7 Å². The third kappa shape index (κ3) is 1.65. The molecule has 0 unspecified atom stereocenters. The molecule has 2 heterocycles. The average Bonchev–Trinajstić information content (AvgIpc) is 2.87. The maximum absolute atomic E-state index is 4.29. The fourth-order valence-electron chi connectivity index (χ4n) is 2.03. The highest BCUT2D eigenvalue weighted by Gasteiger charge is 2.04. The lowest BCUT2D eigenvalue weighted by atomic mass is 10.0. The molecule has 0 saturated heterocycles. The first-order chi connectivity index (χ1) is 8.38. The van der Waals surface area contributed by atoms with Crippen LogP contribution in [0.3, 0.4) is 0 Å². The molecule has 0 radical (unpaired) electrons. The number of aromatic nitrogens is 2. The van der Waals surface area contributed by atoms with Crippen LogP contribution < -0.4 is 5.32 Å². The number of fused-ring (bicyclic) bond motifs is 1. The highest BCUT2D eigenvalue weighted by Crippen LogP contribution is 2.27. The predicted octanol–water partition coefficient (Wildman–Crippen LogP) is 3.27. The summed E-state index contributed by atoms with van der Waals surface area (Å²) in [7, 11) is 1.92. The van der Waals surface area contributed by atoms with Gasteiger partial charge >= 0.3 is 0 Å². The Hall–Kier alpha value is -2.29. The van der Waals surface area contributed by atoms with Crippen molar-refractivity contribution in [3.8, 4) is 11.1 Å². The number of H-pyrrole nitrogens is 1. The number of benzene rings is 1. The van der Waals surface area contributed by atoms with Crippen LogP contribution in [-0.4, -0.2) is 17.0 Å². The molecule has 0 aliphatic carbocycles. The van der Waals surface area contributed by atoms with Gasteiger partial charge in [-0.2, -0.15) is 0 Å². The second-order valence-corrected chi connectivity index (χ2v) is 3.93. The van der Waals surface area contributed by atoms with Crippen LogP contribution in [0.15, 0.2) is 48.8 Å². The minimum Gasteiger partial charge on any atom is -0.388 e. The average molecular weight is 223 g/mol. The maximum atomic E-state index is 4.29. The molecular weight excluding hydrogens is 210 g/mol. The van der Waals surface area contributed by atoms with Gasteiger partial charge in [0.25, 0.3) is 0 Å². The summed E-state index contributed by atoms with van der Waals surface area (Å²) in [5, 5.41) is 4.28. The van der Waals surface area contributed by atoms with E-state index in [-0.39, 0.29) is 0 Å². The summed E-state index contributed by atoms with van der Waals surface area (Å²) >= 11 is 0. The smallest absolute Gasteiger partial charge is 0.137 e. The van der Waals surface area contributed by atoms with Crippen molar-refractivity contribution < 1.29 is 0 Å². The third-order valence-corrected chi connectivity index (χ3v) is 2.94. The van der Waals surface area contributed by atoms with Crippen molar-refractivity contribution in [3.63, 3.8) is 0 Å². The molecule has 0 spiro atoms. The second-order valence-electron chi connectivity index (χ2n) is 3.93. The van der Waals surface area contributed by atoms with E-state index in [0.717, 1.165) is 16.7 Å². The molecule has 0 saturated carbocycles. The van der Waals surface area contributed by atoms with Crippen LogP contribution in [0, 0.1) is 0 Å². The summed E-state index contributed by atoms with van der Waals surface area (Å²) in [5.74, 6) is 0. The molecule has 3 nitrogen and oxygen atoms in total. The molecule has 3 aromatic rings. The summed E-state index contributed by atoms with van der Waals surface area (Å²) in [5.41, 5.74) is 4.46. The molecule has 0 fully saturated rings. The first kappa shape index (κ1) is 9.90. The molecule has 2 aromatic heterocycles. The largest absolute Gasteiger partial charge is 0.388 e. The molecule has 84 valence electrons. The van der Waals surface area contributed by atoms with E-state index in [0.29, 0.717) is 0 Å². The lowest BCUT2D eigenvalue weighted by Crippen LogP contribution is -1.87. The summed E-state index contributed by atoms with van der Waals surface area (Å²) < 4.78 is 0. The maximum Gasteiger partial charge on any atom is 0.137 e. The summed E-state index contributed by atoms with van der Waals surface area (Å²) in [6, 6.07) is 12.5. The zero-order chi connectivity index (χ0) is 11.7. The number of anilines is 1. The summed E-state index contributed by atoms with van der Waals surface area (Å²) in [4.78, 5) is 7.42. The molecule has 3 heteroatoms. The SMILES string of the molecule is CNc1ccc(-c2ccnc3[nH]ccc23)cc1. The third-order valence-electron chi connectivity index (χ3n) is 2.94. The minimum atomic E-state index is 0.931. The molecule has 3 rings (SSSR count). The Morgan fingerprint density at radius 1 is 1.06 bits per heavy atom. The van der Waals surface area contributed by atoms with Crippen LogP contribution in [0.5, 0.6) is 0 Å². The number of nitrogens with zero attached hydrogens (tertiary/aromatic N) is 1. The molecular formula is C14H13N3. The van der Waals surface area contributed by atoms with Gasteiger partial charge in [0.1, 0.15) is 5.65 Å². The van der Waals surface area contributed by atoms with Crippen LogP contribution in [0.2, 0.25) is 0 Å². The van der Waals surface area contributed by atoms with E-state index in [1.807, 2.05) is 25.5 Å². The van der Waals surface area contributed by atoms with Gasteiger partial charge in [-0.1, -0.05) is 12.1 Å². The van der Waals surface area contributed by atoms with Crippen LogP contribution in [0.1, 0.15) is 0 Å². The Bertz CT molecular complexity index is 638. The van der Waals surface area contributed by atoms with Crippen molar-refractivity contribution in [1.82, 2.24) is 9.97 Å². The molecule has 0 atom stereocenters. The summed E-state index contributed by atoms with van der Waals surface area (Å²) in [6.07, 6.45) is 3.75. The van der Waals surface area contributed by atoms with Crippen LogP contribution in [-0.2, 0) is 0 Å². The molecule has 2 N–H and O–H groups in total. The van der Waals surface area contributed by atoms with Gasteiger partial charge < -0.3 is 10.3 Å². The van der Waals surface area contributed by atoms with Crippen LogP contribution >= 0.6 is 0 Å². The number of aromatic amines is 1. The van der Waals surface area contributed by atoms with Gasteiger partial charge in [-0.05, 0) is 35.4 Å². The van der Waals surface area contributed by atoms with E-state index >= 15 is 0 Å². The molecule has 0 aliphatic heterocycles. The van der Waals surface area contributed by atoms with Gasteiger partial charge in [-0.3, -0.25) is 0 Å². The number of hydrogen-bond acceptors (Lipinski definition) is 2. The van der Waals surface area contributed by atoms with Crippen molar-refractivity contribution in [2.24, 2.45) is 0 Å². The van der Waals surface area contributed by atoms with Gasteiger partial charge in [0.15, 0.2) is 0 Å². The van der Waals surface area contributed by atoms with Crippen LogP contribution in [0.25, 0.3) is 22.2 Å². The first-order valence-corrected chi connectivity index (χ1v) is 5.59. The summed E-state index contributed by atoms with van der Waals surface area (Å²) in [6.45, 7) is 0. The second kappa shape index (κ2) is 3.94. The molecule has 0 aliphatic rings. The monoisotopic (exact) mass is 223 g/mol. The Labute approximate surface area is 99.5 Å². The highest BCUT2D eigenvalue weighted by atomic mass is 14.8. The first-order valence-electron chi connectivity index (χ1n) is 5.59. The van der Waals surface area contributed by atoms with Crippen LogP contribution in [0.4, 0.5) is 5.69 Å². The lowest BCUT2D eigenvalue weighted by Gasteiger charge is -2.05. The standard InChI is InChI=1S/C14H13N3/c1-15-11-4-2-10(3-5-11)12-6-8-16-14-13(12)7-9-17-14/h2-9,15H,1H3,(H,16,17). The Kier molecular flexibility index (Phi) is 2.29. The van der Waals surface area contributed by atoms with E-state index in [2.05, 4.69) is 45.6 Å². The number of hydrogen-bond donors (Lipinski definition) is 2. The Morgan fingerprint density at radius 2 is 1.88 bits per heavy atom. The van der Waals surface area contributed by atoms with Gasteiger partial charge in [-0.25, -0.2) is 4.98 Å². The van der Waals surface area contributed by atoms with Crippen molar-refractivity contribution >= 4 is 16.7 Å². The van der Waals surface area contributed by atoms with E-state index in [1.165, 1.54) is 11.1 Å². The lowest BCUT2D eigenvalue weighted by molar-refractivity contribution is 1.33. The molecule has 0 amide bonds. The zero-order valence-electron chi connectivity index (χ0n) is 9.57. The molecule has 17 heavy (non-hydrogen) atoms. The molecule has 0 bridgehead atoms. The number of pyridine rings is 1. The van der Waals surface area contributed by atoms with E-state index in [9.17, 15) is 0 Å². The Morgan fingerprint density at radius 3 is 2.65 bits per heavy atom. The van der Waals surface area contributed by atoms with Crippen molar-refractivity contribution in [2.75, 3.05) is 12.4 Å². The number of rotatable bonds is 2. The highest BCUT2D eigenvalue weighted by molar-refractivity contribution is 5.92. The van der Waals surface area contributed by atoms with Crippen molar-refractivity contribution in [3.05, 3.63) is 48.8 Å².